The Hall–Kier alpha value is -2.98. The highest BCUT2D eigenvalue weighted by atomic mass is 16.6. The van der Waals surface area contributed by atoms with Crippen LogP contribution in [0.5, 0.6) is 0 Å². The molecule has 0 radical (unpaired) electrons. The Morgan fingerprint density at radius 1 is 0.633 bits per heavy atom. The number of esters is 3. The molecule has 0 amide bonds. The van der Waals surface area contributed by atoms with Crippen molar-refractivity contribution in [3.05, 3.63) is 36.5 Å². The third-order valence-corrected chi connectivity index (χ3v) is 12.6. The summed E-state index contributed by atoms with van der Waals surface area (Å²) in [5.41, 5.74) is 2.70. The first-order chi connectivity index (χ1) is 29.2. The Kier molecular flexibility index (Phi) is 23.1. The van der Waals surface area contributed by atoms with Crippen molar-refractivity contribution in [2.45, 2.75) is 172 Å². The molecule has 0 aromatic heterocycles. The second-order valence-electron chi connectivity index (χ2n) is 16.6. The Labute approximate surface area is 357 Å². The summed E-state index contributed by atoms with van der Waals surface area (Å²) in [5.74, 6) is 6.19. The van der Waals surface area contributed by atoms with Gasteiger partial charge in [0.15, 0.2) is 12.2 Å². The Morgan fingerprint density at radius 3 is 1.43 bits per heavy atom. The fraction of sp³-hybridized carbons (Fsp3) is 0.783. The molecule has 4 N–H and O–H groups in total. The van der Waals surface area contributed by atoms with E-state index in [2.05, 4.69) is 40.5 Å². The molecule has 7 saturated heterocycles. The van der Waals surface area contributed by atoms with Gasteiger partial charge >= 0.3 is 17.9 Å². The van der Waals surface area contributed by atoms with Crippen LogP contribution in [0.15, 0.2) is 36.5 Å². The molecular weight excluding hydrogens is 773 g/mol. The molecule has 14 heteroatoms. The lowest BCUT2D eigenvalue weighted by Gasteiger charge is -2.42. The molecule has 13 rings (SSSR count). The average Bonchev–Trinajstić information content (AvgIpc) is 3.32. The van der Waals surface area contributed by atoms with Crippen molar-refractivity contribution >= 4 is 24.2 Å². The zero-order chi connectivity index (χ0) is 43.1. The lowest BCUT2D eigenvalue weighted by atomic mass is 9.80. The highest BCUT2D eigenvalue weighted by Crippen LogP contribution is 2.39. The summed E-state index contributed by atoms with van der Waals surface area (Å²) >= 11 is 0. The standard InChI is InChI=1S/C10H16O3.C10H14O3.C8H16N2O.C8H14O2.C6H8.C4H6O3/c2*1-2-12-10(11)9-7-3-5-8(13-9)6-4-7;9-10-5-8-6-1-3-7(11-8)4-2-6;9-5-8-6-1-3-7(10-8)4-2-6;1-2-4-6-5-3-1;1-2-7-4(6)3-5/h7-9H,2-6H2,1H3;3,5,7-9H,2,4,6H2,1H3;6-8,10H,1-5,9H2;6-9H,1-5H2;1-4H,5-6H2;3H,2H2,1H3. The number of nitrogens with one attached hydrogen (secondary N) is 1. The van der Waals surface area contributed by atoms with E-state index in [0.29, 0.717) is 49.5 Å². The molecule has 10 fully saturated rings. The SMILES string of the molecule is C1=CCCC=C1.CCOC(=O)C1OC2C=CC1CC2.CCOC(=O)C1OC2CCC1CC2.CCOC(=O)C=O.NNCC1OC2CCC1CC2.OCC1OC2CCC1CC2. The summed E-state index contributed by atoms with van der Waals surface area (Å²) in [5, 5.41) is 8.89. The number of allylic oxidation sites excluding steroid dienone is 4. The summed E-state index contributed by atoms with van der Waals surface area (Å²) < 4.78 is 36.6. The molecule has 60 heavy (non-hydrogen) atoms. The van der Waals surface area contributed by atoms with E-state index >= 15 is 0 Å². The van der Waals surface area contributed by atoms with Gasteiger partial charge in [0.25, 0.3) is 0 Å². The summed E-state index contributed by atoms with van der Waals surface area (Å²) in [4.78, 5) is 42.1. The number of carbonyl (C=O) groups excluding carboxylic acids is 4. The van der Waals surface area contributed by atoms with Gasteiger partial charge in [-0.1, -0.05) is 36.5 Å². The normalized spacial score (nSPS) is 34.2. The monoisotopic (exact) mass is 847 g/mol. The summed E-state index contributed by atoms with van der Waals surface area (Å²) in [6.45, 7) is 7.48. The van der Waals surface area contributed by atoms with E-state index in [4.69, 9.17) is 39.4 Å². The molecule has 3 saturated carbocycles. The van der Waals surface area contributed by atoms with Crippen LogP contribution in [0.4, 0.5) is 0 Å². The van der Waals surface area contributed by atoms with Crippen molar-refractivity contribution in [1.82, 2.24) is 5.43 Å². The predicted octanol–water partition coefficient (Wildman–Crippen LogP) is 5.77. The molecule has 0 aromatic carbocycles. The molecular formula is C46H74N2O12. The fourth-order valence-electron chi connectivity index (χ4n) is 9.39. The molecule has 340 valence electrons. The minimum Gasteiger partial charge on any atom is -0.464 e. The van der Waals surface area contributed by atoms with Gasteiger partial charge in [0, 0.05) is 12.5 Å². The topological polar surface area (TPSA) is 191 Å². The average molecular weight is 847 g/mol. The first-order valence-electron chi connectivity index (χ1n) is 22.8. The molecule has 8 aliphatic heterocycles. The van der Waals surface area contributed by atoms with Gasteiger partial charge in [0.1, 0.15) is 0 Å². The van der Waals surface area contributed by atoms with E-state index in [9.17, 15) is 19.2 Å². The molecule has 6 unspecified atom stereocenters. The molecule has 8 heterocycles. The van der Waals surface area contributed by atoms with Crippen LogP contribution >= 0.6 is 0 Å². The van der Waals surface area contributed by atoms with Gasteiger partial charge in [-0.25, -0.2) is 14.4 Å². The number of aliphatic hydroxyl groups is 1. The lowest BCUT2D eigenvalue weighted by molar-refractivity contribution is -0.182. The minimum atomic E-state index is -0.803. The number of aldehydes is 1. The zero-order valence-corrected chi connectivity index (χ0v) is 36.3. The van der Waals surface area contributed by atoms with Crippen LogP contribution in [-0.2, 0) is 52.3 Å². The van der Waals surface area contributed by atoms with E-state index in [-0.39, 0.29) is 61.8 Å². The van der Waals surface area contributed by atoms with Crippen LogP contribution in [0, 0.1) is 23.7 Å². The number of nitrogens with two attached hydrogens (primary N) is 1. The van der Waals surface area contributed by atoms with E-state index in [1.165, 1.54) is 64.2 Å². The second-order valence-corrected chi connectivity index (χ2v) is 16.6. The maximum absolute atomic E-state index is 11.4. The Balaban J connectivity index is 0.000000162. The highest BCUT2D eigenvalue weighted by molar-refractivity contribution is 6.20. The third-order valence-electron chi connectivity index (χ3n) is 12.6. The van der Waals surface area contributed by atoms with Gasteiger partial charge in [0.05, 0.1) is 63.1 Å². The molecule has 5 aliphatic carbocycles. The van der Waals surface area contributed by atoms with E-state index < -0.39 is 5.97 Å². The number of hydrazine groups is 1. The maximum atomic E-state index is 11.4. The van der Waals surface area contributed by atoms with Crippen molar-refractivity contribution in [3.63, 3.8) is 0 Å². The third kappa shape index (κ3) is 16.4. The van der Waals surface area contributed by atoms with E-state index in [0.717, 1.165) is 51.0 Å². The van der Waals surface area contributed by atoms with Crippen LogP contribution in [0.1, 0.15) is 124 Å². The van der Waals surface area contributed by atoms with Crippen molar-refractivity contribution in [3.8, 4) is 0 Å². The Morgan fingerprint density at radius 2 is 1.13 bits per heavy atom. The number of fused-ring (bicyclic) bond motifs is 11. The van der Waals surface area contributed by atoms with Crippen molar-refractivity contribution in [2.75, 3.05) is 33.0 Å². The molecule has 14 nitrogen and oxygen atoms in total. The molecule has 13 aliphatic rings. The lowest BCUT2D eigenvalue weighted by Crippen LogP contribution is -2.47. The van der Waals surface area contributed by atoms with Crippen LogP contribution in [0.3, 0.4) is 0 Å². The second kappa shape index (κ2) is 27.9. The number of carbonyl (C=O) groups is 4. The summed E-state index contributed by atoms with van der Waals surface area (Å²) in [7, 11) is 0. The zero-order valence-electron chi connectivity index (χ0n) is 36.3. The van der Waals surface area contributed by atoms with Gasteiger partial charge in [-0.15, -0.1) is 0 Å². The maximum Gasteiger partial charge on any atom is 0.371 e. The fourth-order valence-corrected chi connectivity index (χ4v) is 9.39. The first-order valence-corrected chi connectivity index (χ1v) is 22.8. The molecule has 8 bridgehead atoms. The smallest absolute Gasteiger partial charge is 0.371 e. The number of hydrogen-bond acceptors (Lipinski definition) is 14. The van der Waals surface area contributed by atoms with Crippen LogP contribution in [0.2, 0.25) is 0 Å². The van der Waals surface area contributed by atoms with Gasteiger partial charge in [0.2, 0.25) is 6.29 Å². The molecule has 0 spiro atoms. The van der Waals surface area contributed by atoms with Gasteiger partial charge < -0.3 is 38.3 Å². The quantitative estimate of drug-likeness (QED) is 0.0482. The van der Waals surface area contributed by atoms with Gasteiger partial charge in [-0.05, 0) is 141 Å². The number of hydrogen-bond donors (Lipinski definition) is 3. The summed E-state index contributed by atoms with van der Waals surface area (Å²) in [6.07, 6.45) is 33.5. The van der Waals surface area contributed by atoms with E-state index in [1.807, 2.05) is 19.9 Å². The number of rotatable bonds is 9. The summed E-state index contributed by atoms with van der Waals surface area (Å²) in [6, 6.07) is 0. The van der Waals surface area contributed by atoms with Crippen molar-refractivity contribution in [2.24, 2.45) is 29.5 Å². The molecule has 6 atom stereocenters. The first kappa shape index (κ1) is 49.7. The Bertz CT molecular complexity index is 1340. The van der Waals surface area contributed by atoms with Crippen molar-refractivity contribution < 1.29 is 57.4 Å². The molecule has 0 aromatic rings. The van der Waals surface area contributed by atoms with Crippen LogP contribution in [0.25, 0.3) is 0 Å². The highest BCUT2D eigenvalue weighted by Gasteiger charge is 2.42. The minimum absolute atomic E-state index is 0.138. The van der Waals surface area contributed by atoms with Gasteiger partial charge in [-0.2, -0.15) is 0 Å². The number of ether oxygens (including phenoxy) is 7. The van der Waals surface area contributed by atoms with Gasteiger partial charge in [-0.3, -0.25) is 16.1 Å². The van der Waals surface area contributed by atoms with Crippen LogP contribution in [-0.4, -0.2) is 111 Å². The largest absolute Gasteiger partial charge is 0.464 e. The number of aliphatic hydroxyl groups excluding tert-OH is 1. The van der Waals surface area contributed by atoms with E-state index in [1.54, 1.807) is 6.92 Å². The van der Waals surface area contributed by atoms with Crippen molar-refractivity contribution in [1.29, 1.82) is 0 Å². The van der Waals surface area contributed by atoms with Crippen LogP contribution < -0.4 is 11.3 Å². The predicted molar refractivity (Wildman–Crippen MR) is 225 cm³/mol.